The molecule has 1 atom stereocenters. The standard InChI is InChI=1S/C18H21FN2/c19-17-8-4-5-15(13-17)9-11-21-12-10-20-14-18(21)16-6-2-1-3-7-16/h1-8,13,18,20H,9-12,14H2/t18-/m1/s1. The Kier molecular flexibility index (Phi) is 4.63. The Morgan fingerprint density at radius 3 is 2.76 bits per heavy atom. The highest BCUT2D eigenvalue weighted by atomic mass is 19.1. The molecule has 2 aromatic rings. The Balaban J connectivity index is 1.67. The van der Waals surface area contributed by atoms with Gasteiger partial charge in [-0.3, -0.25) is 4.90 Å². The van der Waals surface area contributed by atoms with Gasteiger partial charge in [0.2, 0.25) is 0 Å². The lowest BCUT2D eigenvalue weighted by Crippen LogP contribution is -2.46. The number of nitrogens with zero attached hydrogens (tertiary/aromatic N) is 1. The van der Waals surface area contributed by atoms with Crippen LogP contribution in [0.3, 0.4) is 0 Å². The van der Waals surface area contributed by atoms with Gasteiger partial charge in [-0.2, -0.15) is 0 Å². The van der Waals surface area contributed by atoms with E-state index < -0.39 is 0 Å². The number of rotatable bonds is 4. The van der Waals surface area contributed by atoms with E-state index in [1.807, 2.05) is 6.07 Å². The lowest BCUT2D eigenvalue weighted by Gasteiger charge is -2.36. The summed E-state index contributed by atoms with van der Waals surface area (Å²) in [6.45, 7) is 4.00. The molecule has 0 aliphatic carbocycles. The van der Waals surface area contributed by atoms with Crippen LogP contribution in [0.15, 0.2) is 54.6 Å². The molecule has 1 fully saturated rings. The van der Waals surface area contributed by atoms with Crippen LogP contribution in [0.25, 0.3) is 0 Å². The molecule has 0 radical (unpaired) electrons. The van der Waals surface area contributed by atoms with Crippen molar-refractivity contribution >= 4 is 0 Å². The largest absolute Gasteiger partial charge is 0.314 e. The third kappa shape index (κ3) is 3.69. The van der Waals surface area contributed by atoms with Crippen molar-refractivity contribution in [3.63, 3.8) is 0 Å². The molecule has 2 aromatic carbocycles. The highest BCUT2D eigenvalue weighted by molar-refractivity contribution is 5.21. The first-order valence-electron chi connectivity index (χ1n) is 7.57. The van der Waals surface area contributed by atoms with E-state index in [2.05, 4.69) is 40.5 Å². The molecule has 0 unspecified atom stereocenters. The minimum atomic E-state index is -0.146. The van der Waals surface area contributed by atoms with Crippen LogP contribution in [0.2, 0.25) is 0 Å². The predicted octanol–water partition coefficient (Wildman–Crippen LogP) is 3.01. The van der Waals surface area contributed by atoms with Crippen LogP contribution in [0, 0.1) is 5.82 Å². The van der Waals surface area contributed by atoms with Crippen molar-refractivity contribution in [2.24, 2.45) is 0 Å². The van der Waals surface area contributed by atoms with Crippen molar-refractivity contribution in [1.29, 1.82) is 0 Å². The van der Waals surface area contributed by atoms with E-state index >= 15 is 0 Å². The van der Waals surface area contributed by atoms with Crippen LogP contribution in [0.1, 0.15) is 17.2 Å². The van der Waals surface area contributed by atoms with Gasteiger partial charge in [-0.25, -0.2) is 4.39 Å². The Hall–Kier alpha value is -1.71. The fraction of sp³-hybridized carbons (Fsp3) is 0.333. The number of benzene rings is 2. The second-order valence-electron chi connectivity index (χ2n) is 5.55. The van der Waals surface area contributed by atoms with Gasteiger partial charge in [0.25, 0.3) is 0 Å². The summed E-state index contributed by atoms with van der Waals surface area (Å²) in [5.41, 5.74) is 2.42. The smallest absolute Gasteiger partial charge is 0.123 e. The highest BCUT2D eigenvalue weighted by Gasteiger charge is 2.22. The summed E-state index contributed by atoms with van der Waals surface area (Å²) in [6, 6.07) is 18.0. The molecule has 2 nitrogen and oxygen atoms in total. The van der Waals surface area contributed by atoms with Gasteiger partial charge in [-0.05, 0) is 29.7 Å². The van der Waals surface area contributed by atoms with Crippen molar-refractivity contribution in [3.05, 3.63) is 71.5 Å². The molecule has 110 valence electrons. The normalized spacial score (nSPS) is 19.6. The Labute approximate surface area is 125 Å². The van der Waals surface area contributed by atoms with Gasteiger partial charge in [0.15, 0.2) is 0 Å². The first kappa shape index (κ1) is 14.2. The molecule has 0 amide bonds. The van der Waals surface area contributed by atoms with E-state index in [1.165, 1.54) is 11.6 Å². The lowest BCUT2D eigenvalue weighted by molar-refractivity contribution is 0.164. The molecule has 3 rings (SSSR count). The SMILES string of the molecule is Fc1cccc(CCN2CCNC[C@@H]2c2ccccc2)c1. The minimum Gasteiger partial charge on any atom is -0.314 e. The van der Waals surface area contributed by atoms with E-state index in [0.29, 0.717) is 6.04 Å². The number of nitrogens with one attached hydrogen (secondary N) is 1. The summed E-state index contributed by atoms with van der Waals surface area (Å²) in [5.74, 6) is -0.146. The lowest BCUT2D eigenvalue weighted by atomic mass is 10.0. The van der Waals surface area contributed by atoms with Gasteiger partial charge >= 0.3 is 0 Å². The molecule has 0 spiro atoms. The molecule has 1 aliphatic heterocycles. The Morgan fingerprint density at radius 1 is 1.10 bits per heavy atom. The van der Waals surface area contributed by atoms with E-state index in [9.17, 15) is 4.39 Å². The quantitative estimate of drug-likeness (QED) is 0.928. The van der Waals surface area contributed by atoms with E-state index in [-0.39, 0.29) is 5.82 Å². The molecular weight excluding hydrogens is 263 g/mol. The molecule has 0 aromatic heterocycles. The summed E-state index contributed by atoms with van der Waals surface area (Å²) < 4.78 is 13.3. The number of halogens is 1. The maximum absolute atomic E-state index is 13.3. The van der Waals surface area contributed by atoms with Crippen LogP contribution in [-0.4, -0.2) is 31.1 Å². The fourth-order valence-electron chi connectivity index (χ4n) is 2.98. The van der Waals surface area contributed by atoms with Gasteiger partial charge < -0.3 is 5.32 Å². The van der Waals surface area contributed by atoms with Gasteiger partial charge in [-0.1, -0.05) is 42.5 Å². The summed E-state index contributed by atoms with van der Waals surface area (Å²) in [5, 5.41) is 3.47. The van der Waals surface area contributed by atoms with Crippen molar-refractivity contribution in [2.75, 3.05) is 26.2 Å². The molecular formula is C18H21FN2. The van der Waals surface area contributed by atoms with Crippen molar-refractivity contribution in [3.8, 4) is 0 Å². The maximum atomic E-state index is 13.3. The highest BCUT2D eigenvalue weighted by Crippen LogP contribution is 2.22. The molecule has 1 N–H and O–H groups in total. The fourth-order valence-corrected chi connectivity index (χ4v) is 2.98. The first-order chi connectivity index (χ1) is 10.3. The minimum absolute atomic E-state index is 0.146. The zero-order chi connectivity index (χ0) is 14.5. The van der Waals surface area contributed by atoms with Crippen LogP contribution in [-0.2, 0) is 6.42 Å². The topological polar surface area (TPSA) is 15.3 Å². The second-order valence-corrected chi connectivity index (χ2v) is 5.55. The van der Waals surface area contributed by atoms with Gasteiger partial charge in [-0.15, -0.1) is 0 Å². The van der Waals surface area contributed by atoms with E-state index in [4.69, 9.17) is 0 Å². The summed E-state index contributed by atoms with van der Waals surface area (Å²) in [7, 11) is 0. The average Bonchev–Trinajstić information content (AvgIpc) is 2.54. The number of hydrogen-bond donors (Lipinski definition) is 1. The van der Waals surface area contributed by atoms with Crippen molar-refractivity contribution in [1.82, 2.24) is 10.2 Å². The van der Waals surface area contributed by atoms with Crippen molar-refractivity contribution < 1.29 is 4.39 Å². The Morgan fingerprint density at radius 2 is 1.95 bits per heavy atom. The maximum Gasteiger partial charge on any atom is 0.123 e. The van der Waals surface area contributed by atoms with Gasteiger partial charge in [0.05, 0.1) is 0 Å². The molecule has 21 heavy (non-hydrogen) atoms. The van der Waals surface area contributed by atoms with Crippen LogP contribution in [0.5, 0.6) is 0 Å². The monoisotopic (exact) mass is 284 g/mol. The number of hydrogen-bond acceptors (Lipinski definition) is 2. The first-order valence-corrected chi connectivity index (χ1v) is 7.57. The number of piperazine rings is 1. The van der Waals surface area contributed by atoms with Gasteiger partial charge in [0, 0.05) is 32.2 Å². The predicted molar refractivity (Wildman–Crippen MR) is 83.7 cm³/mol. The molecule has 0 bridgehead atoms. The third-order valence-corrected chi connectivity index (χ3v) is 4.12. The van der Waals surface area contributed by atoms with Crippen molar-refractivity contribution in [2.45, 2.75) is 12.5 Å². The van der Waals surface area contributed by atoms with Crippen LogP contribution < -0.4 is 5.32 Å². The third-order valence-electron chi connectivity index (χ3n) is 4.12. The summed E-state index contributed by atoms with van der Waals surface area (Å²) >= 11 is 0. The Bertz CT molecular complexity index is 570. The van der Waals surface area contributed by atoms with E-state index in [0.717, 1.165) is 38.2 Å². The van der Waals surface area contributed by atoms with E-state index in [1.54, 1.807) is 12.1 Å². The zero-order valence-corrected chi connectivity index (χ0v) is 12.1. The molecule has 3 heteroatoms. The van der Waals surface area contributed by atoms with Gasteiger partial charge in [0.1, 0.15) is 5.82 Å². The summed E-state index contributed by atoms with van der Waals surface area (Å²) in [6.07, 6.45) is 0.890. The molecule has 1 saturated heterocycles. The summed E-state index contributed by atoms with van der Waals surface area (Å²) in [4.78, 5) is 2.50. The molecule has 1 heterocycles. The van der Waals surface area contributed by atoms with Crippen LogP contribution >= 0.6 is 0 Å². The molecule has 1 aliphatic rings. The zero-order valence-electron chi connectivity index (χ0n) is 12.1. The average molecular weight is 284 g/mol. The van der Waals surface area contributed by atoms with Crippen LogP contribution in [0.4, 0.5) is 4.39 Å². The second kappa shape index (κ2) is 6.83. The molecule has 0 saturated carbocycles.